The zero-order valence-corrected chi connectivity index (χ0v) is 10.8. The maximum Gasteiger partial charge on any atom is 0.137 e. The Balaban J connectivity index is 2.29. The first-order chi connectivity index (χ1) is 9.16. The van der Waals surface area contributed by atoms with E-state index >= 15 is 0 Å². The van der Waals surface area contributed by atoms with Gasteiger partial charge in [0.05, 0.1) is 11.2 Å². The molecule has 0 radical (unpaired) electrons. The zero-order chi connectivity index (χ0) is 13.4. The van der Waals surface area contributed by atoms with Crippen molar-refractivity contribution >= 4 is 10.9 Å². The van der Waals surface area contributed by atoms with Gasteiger partial charge in [0, 0.05) is 28.4 Å². The third-order valence-electron chi connectivity index (χ3n) is 3.24. The molecule has 3 heteroatoms. The number of halogens is 1. The molecule has 2 heterocycles. The summed E-state index contributed by atoms with van der Waals surface area (Å²) in [6.07, 6.45) is 1.74. The van der Waals surface area contributed by atoms with Crippen LogP contribution < -0.4 is 0 Å². The van der Waals surface area contributed by atoms with Gasteiger partial charge >= 0.3 is 0 Å². The number of benzene rings is 1. The molecule has 0 N–H and O–H groups in total. The third-order valence-corrected chi connectivity index (χ3v) is 3.24. The molecule has 0 fully saturated rings. The van der Waals surface area contributed by atoms with Crippen molar-refractivity contribution < 1.29 is 4.39 Å². The van der Waals surface area contributed by atoms with E-state index in [2.05, 4.69) is 9.97 Å². The summed E-state index contributed by atoms with van der Waals surface area (Å²) < 4.78 is 14.4. The van der Waals surface area contributed by atoms with Crippen LogP contribution in [0.4, 0.5) is 4.39 Å². The van der Waals surface area contributed by atoms with Gasteiger partial charge in [0.25, 0.3) is 0 Å². The second-order valence-corrected chi connectivity index (χ2v) is 4.60. The second kappa shape index (κ2) is 4.43. The van der Waals surface area contributed by atoms with Crippen molar-refractivity contribution in [2.45, 2.75) is 13.8 Å². The molecule has 0 aliphatic heterocycles. The molecule has 0 aliphatic rings. The summed E-state index contributed by atoms with van der Waals surface area (Å²) >= 11 is 0. The molecule has 0 bridgehead atoms. The Hall–Kier alpha value is -2.29. The second-order valence-electron chi connectivity index (χ2n) is 4.60. The molecule has 0 unspecified atom stereocenters. The lowest BCUT2D eigenvalue weighted by Gasteiger charge is -2.09. The lowest BCUT2D eigenvalue weighted by molar-refractivity contribution is 0.630. The summed E-state index contributed by atoms with van der Waals surface area (Å²) in [6, 6.07) is 11.1. The van der Waals surface area contributed by atoms with E-state index in [0.717, 1.165) is 11.3 Å². The molecule has 3 aromatic rings. The summed E-state index contributed by atoms with van der Waals surface area (Å²) in [4.78, 5) is 8.80. The fourth-order valence-corrected chi connectivity index (χ4v) is 2.16. The van der Waals surface area contributed by atoms with Crippen LogP contribution >= 0.6 is 0 Å². The molecule has 2 nitrogen and oxygen atoms in total. The van der Waals surface area contributed by atoms with Gasteiger partial charge < -0.3 is 0 Å². The Kier molecular flexibility index (Phi) is 2.75. The number of aryl methyl sites for hydroxylation is 1. The molecular weight excluding hydrogens is 239 g/mol. The fraction of sp³-hybridized carbons (Fsp3) is 0.125. The average molecular weight is 252 g/mol. The molecule has 0 amide bonds. The van der Waals surface area contributed by atoms with E-state index in [1.807, 2.05) is 37.3 Å². The number of para-hydroxylation sites is 1. The Morgan fingerprint density at radius 2 is 1.79 bits per heavy atom. The van der Waals surface area contributed by atoms with Crippen molar-refractivity contribution in [1.29, 1.82) is 0 Å². The molecule has 19 heavy (non-hydrogen) atoms. The van der Waals surface area contributed by atoms with Gasteiger partial charge in [-0.15, -0.1) is 0 Å². The van der Waals surface area contributed by atoms with Gasteiger partial charge in [-0.1, -0.05) is 12.1 Å². The number of hydrogen-bond acceptors (Lipinski definition) is 2. The quantitative estimate of drug-likeness (QED) is 0.653. The Bertz CT molecular complexity index is 749. The maximum atomic E-state index is 14.4. The van der Waals surface area contributed by atoms with E-state index in [1.165, 1.54) is 0 Å². The Morgan fingerprint density at radius 1 is 1.00 bits per heavy atom. The predicted molar refractivity (Wildman–Crippen MR) is 74.4 cm³/mol. The van der Waals surface area contributed by atoms with Gasteiger partial charge in [-0.05, 0) is 38.1 Å². The Morgan fingerprint density at radius 3 is 2.53 bits per heavy atom. The normalized spacial score (nSPS) is 10.9. The SMILES string of the molecule is Cc1ccc(-c2nc3ccccc3c(F)c2C)cn1. The van der Waals surface area contributed by atoms with Crippen molar-refractivity contribution in [3.63, 3.8) is 0 Å². The average Bonchev–Trinajstić information content (AvgIpc) is 2.44. The lowest BCUT2D eigenvalue weighted by atomic mass is 10.0. The predicted octanol–water partition coefficient (Wildman–Crippen LogP) is 4.05. The standard InChI is InChI=1S/C16H13FN2/c1-10-7-8-12(9-18-10)16-11(2)15(17)13-5-3-4-6-14(13)19-16/h3-9H,1-2H3. The molecule has 3 rings (SSSR count). The molecule has 1 aromatic carbocycles. The lowest BCUT2D eigenvalue weighted by Crippen LogP contribution is -1.96. The highest BCUT2D eigenvalue weighted by molar-refractivity contribution is 5.83. The van der Waals surface area contributed by atoms with E-state index in [0.29, 0.717) is 22.2 Å². The number of aromatic nitrogens is 2. The van der Waals surface area contributed by atoms with Crippen LogP contribution in [-0.2, 0) is 0 Å². The van der Waals surface area contributed by atoms with E-state index in [1.54, 1.807) is 19.2 Å². The molecule has 0 aliphatic carbocycles. The zero-order valence-electron chi connectivity index (χ0n) is 10.8. The summed E-state index contributed by atoms with van der Waals surface area (Å²) in [6.45, 7) is 3.68. The van der Waals surface area contributed by atoms with E-state index < -0.39 is 0 Å². The molecule has 94 valence electrons. The van der Waals surface area contributed by atoms with Gasteiger partial charge in [0.15, 0.2) is 0 Å². The number of fused-ring (bicyclic) bond motifs is 1. The van der Waals surface area contributed by atoms with Crippen molar-refractivity contribution in [2.24, 2.45) is 0 Å². The number of hydrogen-bond donors (Lipinski definition) is 0. The van der Waals surface area contributed by atoms with E-state index in [-0.39, 0.29) is 5.82 Å². The first kappa shape index (κ1) is 11.8. The minimum Gasteiger partial charge on any atom is -0.261 e. The maximum absolute atomic E-state index is 14.4. The highest BCUT2D eigenvalue weighted by Gasteiger charge is 2.12. The van der Waals surface area contributed by atoms with Crippen LogP contribution in [0.3, 0.4) is 0 Å². The highest BCUT2D eigenvalue weighted by atomic mass is 19.1. The molecule has 0 saturated heterocycles. The smallest absolute Gasteiger partial charge is 0.137 e. The van der Waals surface area contributed by atoms with Crippen LogP contribution in [0.15, 0.2) is 42.6 Å². The van der Waals surface area contributed by atoms with Gasteiger partial charge in [-0.2, -0.15) is 0 Å². The molecule has 0 atom stereocenters. The van der Waals surface area contributed by atoms with Gasteiger partial charge in [0.1, 0.15) is 5.82 Å². The summed E-state index contributed by atoms with van der Waals surface area (Å²) in [5.41, 5.74) is 3.66. The monoisotopic (exact) mass is 252 g/mol. The van der Waals surface area contributed by atoms with Crippen molar-refractivity contribution in [3.05, 3.63) is 59.7 Å². The number of rotatable bonds is 1. The molecule has 2 aromatic heterocycles. The molecule has 0 saturated carbocycles. The molecule has 0 spiro atoms. The van der Waals surface area contributed by atoms with Crippen molar-refractivity contribution in [3.8, 4) is 11.3 Å². The van der Waals surface area contributed by atoms with Gasteiger partial charge in [0.2, 0.25) is 0 Å². The minimum atomic E-state index is -0.207. The van der Waals surface area contributed by atoms with Crippen LogP contribution in [0.25, 0.3) is 22.2 Å². The van der Waals surface area contributed by atoms with Crippen LogP contribution in [0.1, 0.15) is 11.3 Å². The van der Waals surface area contributed by atoms with Crippen LogP contribution in [0.2, 0.25) is 0 Å². The summed E-state index contributed by atoms with van der Waals surface area (Å²) in [5.74, 6) is -0.207. The Labute approximate surface area is 111 Å². The first-order valence-corrected chi connectivity index (χ1v) is 6.14. The fourth-order valence-electron chi connectivity index (χ4n) is 2.16. The van der Waals surface area contributed by atoms with E-state index in [4.69, 9.17) is 0 Å². The van der Waals surface area contributed by atoms with Crippen LogP contribution in [0.5, 0.6) is 0 Å². The van der Waals surface area contributed by atoms with Gasteiger partial charge in [-0.3, -0.25) is 4.98 Å². The van der Waals surface area contributed by atoms with E-state index in [9.17, 15) is 4.39 Å². The van der Waals surface area contributed by atoms with Gasteiger partial charge in [-0.25, -0.2) is 9.37 Å². The molecular formula is C16H13FN2. The highest BCUT2D eigenvalue weighted by Crippen LogP contribution is 2.27. The van der Waals surface area contributed by atoms with Crippen LogP contribution in [-0.4, -0.2) is 9.97 Å². The first-order valence-electron chi connectivity index (χ1n) is 6.14. The number of nitrogens with zero attached hydrogens (tertiary/aromatic N) is 2. The topological polar surface area (TPSA) is 25.8 Å². The third kappa shape index (κ3) is 1.97. The summed E-state index contributed by atoms with van der Waals surface area (Å²) in [7, 11) is 0. The van der Waals surface area contributed by atoms with Crippen molar-refractivity contribution in [1.82, 2.24) is 9.97 Å². The van der Waals surface area contributed by atoms with Crippen LogP contribution in [0, 0.1) is 19.7 Å². The van der Waals surface area contributed by atoms with Crippen molar-refractivity contribution in [2.75, 3.05) is 0 Å². The largest absolute Gasteiger partial charge is 0.261 e. The summed E-state index contributed by atoms with van der Waals surface area (Å²) in [5, 5.41) is 0.559. The minimum absolute atomic E-state index is 0.207. The number of pyridine rings is 2.